The van der Waals surface area contributed by atoms with Gasteiger partial charge in [0, 0.05) is 10.6 Å². The van der Waals surface area contributed by atoms with Crippen molar-refractivity contribution >= 4 is 40.0 Å². The summed E-state index contributed by atoms with van der Waals surface area (Å²) in [5, 5.41) is 5.99. The normalized spacial score (nSPS) is 9.64. The van der Waals surface area contributed by atoms with Crippen molar-refractivity contribution in [2.24, 2.45) is 5.14 Å². The second-order valence-electron chi connectivity index (χ2n) is 1.91. The van der Waals surface area contributed by atoms with Crippen LogP contribution in [-0.4, -0.2) is 4.20 Å². The largest absolute Gasteiger partial charge is 0.273 e. The molecule has 0 amide bonds. The van der Waals surface area contributed by atoms with Gasteiger partial charge in [-0.15, -0.1) is 0 Å². The molecule has 11 heavy (non-hydrogen) atoms. The molecule has 58 valence electrons. The van der Waals surface area contributed by atoms with Gasteiger partial charge in [-0.1, -0.05) is 36.0 Å². The number of benzene rings is 1. The van der Waals surface area contributed by atoms with E-state index in [1.165, 1.54) is 0 Å². The summed E-state index contributed by atoms with van der Waals surface area (Å²) < 4.78 is 0.682. The highest BCUT2D eigenvalue weighted by Gasteiger charge is 1.97. The number of nitrogens with two attached hydrogens (primary N) is 1. The number of rotatable bonds is 1. The lowest BCUT2D eigenvalue weighted by molar-refractivity contribution is 1.68. The molecule has 0 saturated heterocycles. The lowest BCUT2D eigenvalue weighted by Gasteiger charge is -1.97. The highest BCUT2D eigenvalue weighted by atomic mass is 35.5. The van der Waals surface area contributed by atoms with Crippen LogP contribution in [0.4, 0.5) is 0 Å². The van der Waals surface area contributed by atoms with Gasteiger partial charge in [-0.3, -0.25) is 5.14 Å². The molecule has 0 aliphatic heterocycles. The third-order valence-electron chi connectivity index (χ3n) is 1.19. The highest BCUT2D eigenvalue weighted by Crippen LogP contribution is 2.13. The molecule has 4 heteroatoms. The zero-order chi connectivity index (χ0) is 8.27. The third kappa shape index (κ3) is 2.45. The first-order valence-electron chi connectivity index (χ1n) is 2.90. The summed E-state index contributed by atoms with van der Waals surface area (Å²) in [6, 6.07) is 7.29. The summed E-state index contributed by atoms with van der Waals surface area (Å²) in [5.74, 6) is 0. The number of thiocarbonyl (C=S) groups is 1. The first-order valence-corrected chi connectivity index (χ1v) is 4.57. The molecule has 0 fully saturated rings. The maximum Gasteiger partial charge on any atom is 0.0928 e. The molecule has 1 rings (SSSR count). The van der Waals surface area contributed by atoms with E-state index in [-0.39, 0.29) is 0 Å². The van der Waals surface area contributed by atoms with E-state index < -0.39 is 0 Å². The molecule has 1 aromatic rings. The van der Waals surface area contributed by atoms with Gasteiger partial charge in [-0.2, -0.15) is 0 Å². The Labute approximate surface area is 80.1 Å². The van der Waals surface area contributed by atoms with Crippen LogP contribution in [0, 0.1) is 0 Å². The summed E-state index contributed by atoms with van der Waals surface area (Å²) >= 11 is 11.7. The number of halogens is 1. The number of hydrogen-bond donors (Lipinski definition) is 1. The van der Waals surface area contributed by atoms with Crippen LogP contribution in [0.3, 0.4) is 0 Å². The fraction of sp³-hybridized carbons (Fsp3) is 0. The minimum atomic E-state index is 0.682. The molecule has 2 N–H and O–H groups in total. The van der Waals surface area contributed by atoms with Crippen LogP contribution in [0.25, 0.3) is 0 Å². The van der Waals surface area contributed by atoms with Crippen LogP contribution >= 0.6 is 35.8 Å². The van der Waals surface area contributed by atoms with E-state index in [1.54, 1.807) is 12.1 Å². The first kappa shape index (κ1) is 9.00. The molecule has 0 atom stereocenters. The minimum Gasteiger partial charge on any atom is -0.273 e. The summed E-state index contributed by atoms with van der Waals surface area (Å²) in [7, 11) is 0. The third-order valence-corrected chi connectivity index (χ3v) is 2.41. The molecule has 0 spiro atoms. The van der Waals surface area contributed by atoms with Crippen LogP contribution in [0.1, 0.15) is 5.56 Å². The molecule has 1 nitrogen and oxygen atoms in total. The minimum absolute atomic E-state index is 0.682. The molecular weight excluding hydrogens is 198 g/mol. The maximum absolute atomic E-state index is 5.68. The van der Waals surface area contributed by atoms with E-state index in [9.17, 15) is 0 Å². The highest BCUT2D eigenvalue weighted by molar-refractivity contribution is 8.22. The smallest absolute Gasteiger partial charge is 0.0928 e. The van der Waals surface area contributed by atoms with Gasteiger partial charge in [-0.05, 0) is 24.1 Å². The van der Waals surface area contributed by atoms with Gasteiger partial charge in [0.25, 0.3) is 0 Å². The first-order chi connectivity index (χ1) is 5.24. The van der Waals surface area contributed by atoms with Gasteiger partial charge in [0.05, 0.1) is 4.20 Å². The van der Waals surface area contributed by atoms with E-state index in [0.29, 0.717) is 9.22 Å². The fourth-order valence-electron chi connectivity index (χ4n) is 0.654. The van der Waals surface area contributed by atoms with Crippen LogP contribution in [0.15, 0.2) is 24.3 Å². The Morgan fingerprint density at radius 1 is 1.36 bits per heavy atom. The van der Waals surface area contributed by atoms with Crippen LogP contribution in [0.5, 0.6) is 0 Å². The molecule has 0 radical (unpaired) electrons. The van der Waals surface area contributed by atoms with Crippen molar-refractivity contribution in [1.82, 2.24) is 0 Å². The van der Waals surface area contributed by atoms with Crippen molar-refractivity contribution in [3.8, 4) is 0 Å². The van der Waals surface area contributed by atoms with E-state index in [4.69, 9.17) is 29.0 Å². The standard InChI is InChI=1S/C7H6ClNS2/c8-6-3-1-5(2-4-6)7(10)11-9/h1-4H,9H2. The Hall–Kier alpha value is -0.0900. The van der Waals surface area contributed by atoms with Gasteiger partial charge in [0.2, 0.25) is 0 Å². The summed E-state index contributed by atoms with van der Waals surface area (Å²) in [6.45, 7) is 0. The van der Waals surface area contributed by atoms with Crippen molar-refractivity contribution in [2.45, 2.75) is 0 Å². The Bertz CT molecular complexity index is 258. The lowest BCUT2D eigenvalue weighted by atomic mass is 10.2. The molecule has 0 aromatic heterocycles. The predicted molar refractivity (Wildman–Crippen MR) is 54.9 cm³/mol. The number of hydrogen-bond acceptors (Lipinski definition) is 3. The topological polar surface area (TPSA) is 26.0 Å². The average Bonchev–Trinajstić information content (AvgIpc) is 2.05. The Morgan fingerprint density at radius 2 is 1.91 bits per heavy atom. The van der Waals surface area contributed by atoms with Gasteiger partial charge in [0.1, 0.15) is 0 Å². The van der Waals surface area contributed by atoms with E-state index in [1.807, 2.05) is 12.1 Å². The van der Waals surface area contributed by atoms with E-state index in [0.717, 1.165) is 17.5 Å². The van der Waals surface area contributed by atoms with Gasteiger partial charge < -0.3 is 0 Å². The molecule has 0 unspecified atom stereocenters. The monoisotopic (exact) mass is 203 g/mol. The SMILES string of the molecule is NSC(=S)c1ccc(Cl)cc1. The van der Waals surface area contributed by atoms with E-state index in [2.05, 4.69) is 0 Å². The maximum atomic E-state index is 5.68. The molecular formula is C7H6ClNS2. The molecule has 1 aromatic carbocycles. The second-order valence-corrected chi connectivity index (χ2v) is 3.66. The summed E-state index contributed by atoms with van der Waals surface area (Å²) in [5.41, 5.74) is 0.942. The molecule has 0 saturated carbocycles. The molecule has 0 aliphatic rings. The van der Waals surface area contributed by atoms with Crippen LogP contribution in [-0.2, 0) is 0 Å². The summed E-state index contributed by atoms with van der Waals surface area (Å²) in [6.07, 6.45) is 0. The van der Waals surface area contributed by atoms with Crippen LogP contribution in [0.2, 0.25) is 5.02 Å². The Balaban J connectivity index is 2.90. The summed E-state index contributed by atoms with van der Waals surface area (Å²) in [4.78, 5) is 0. The van der Waals surface area contributed by atoms with Gasteiger partial charge in [0.15, 0.2) is 0 Å². The predicted octanol–water partition coefficient (Wildman–Crippen LogP) is 2.62. The van der Waals surface area contributed by atoms with Crippen molar-refractivity contribution in [3.05, 3.63) is 34.9 Å². The Morgan fingerprint density at radius 3 is 2.36 bits per heavy atom. The van der Waals surface area contributed by atoms with Crippen molar-refractivity contribution < 1.29 is 0 Å². The van der Waals surface area contributed by atoms with E-state index >= 15 is 0 Å². The van der Waals surface area contributed by atoms with Crippen molar-refractivity contribution in [1.29, 1.82) is 0 Å². The lowest BCUT2D eigenvalue weighted by Crippen LogP contribution is -1.94. The van der Waals surface area contributed by atoms with Gasteiger partial charge in [-0.25, -0.2) is 0 Å². The van der Waals surface area contributed by atoms with Crippen molar-refractivity contribution in [3.63, 3.8) is 0 Å². The zero-order valence-corrected chi connectivity index (χ0v) is 7.97. The average molecular weight is 204 g/mol. The quantitative estimate of drug-likeness (QED) is 0.562. The Kier molecular flexibility index (Phi) is 3.33. The van der Waals surface area contributed by atoms with Gasteiger partial charge >= 0.3 is 0 Å². The zero-order valence-electron chi connectivity index (χ0n) is 5.58. The molecule has 0 heterocycles. The van der Waals surface area contributed by atoms with Crippen molar-refractivity contribution in [2.75, 3.05) is 0 Å². The second kappa shape index (κ2) is 4.07. The molecule has 0 aliphatic carbocycles. The fourth-order valence-corrected chi connectivity index (χ4v) is 1.19. The molecule has 0 bridgehead atoms. The van der Waals surface area contributed by atoms with Crippen LogP contribution < -0.4 is 5.14 Å².